The van der Waals surface area contributed by atoms with Crippen molar-refractivity contribution in [2.24, 2.45) is 7.05 Å². The van der Waals surface area contributed by atoms with Gasteiger partial charge in [-0.05, 0) is 31.9 Å². The summed E-state index contributed by atoms with van der Waals surface area (Å²) in [7, 11) is 1.92. The molecule has 0 bridgehead atoms. The number of hydrogen-bond donors (Lipinski definition) is 1. The van der Waals surface area contributed by atoms with Crippen LogP contribution in [-0.4, -0.2) is 14.9 Å². The highest BCUT2D eigenvalue weighted by Gasteiger charge is 2.37. The second kappa shape index (κ2) is 3.99. The van der Waals surface area contributed by atoms with Gasteiger partial charge in [0, 0.05) is 31.1 Å². The summed E-state index contributed by atoms with van der Waals surface area (Å²) in [4.78, 5) is 0. The molecule has 3 rings (SSSR count). The van der Waals surface area contributed by atoms with Gasteiger partial charge >= 0.3 is 0 Å². The van der Waals surface area contributed by atoms with Crippen LogP contribution >= 0.6 is 0 Å². The monoisotopic (exact) mass is 246 g/mol. The van der Waals surface area contributed by atoms with Crippen LogP contribution in [0, 0.1) is 6.92 Å². The lowest BCUT2D eigenvalue weighted by Crippen LogP contribution is -2.32. The van der Waals surface area contributed by atoms with E-state index in [2.05, 4.69) is 5.10 Å². The SMILES string of the molecule is Cc1cc(CC2(O)CCCc3occc32)n(C)n1. The quantitative estimate of drug-likeness (QED) is 0.882. The number of fused-ring (bicyclic) bond motifs is 1. The maximum Gasteiger partial charge on any atom is 0.109 e. The fraction of sp³-hybridized carbons (Fsp3) is 0.500. The van der Waals surface area contributed by atoms with Gasteiger partial charge in [0.25, 0.3) is 0 Å². The van der Waals surface area contributed by atoms with E-state index in [9.17, 15) is 5.11 Å². The van der Waals surface area contributed by atoms with Gasteiger partial charge in [0.05, 0.1) is 17.6 Å². The fourth-order valence-electron chi connectivity index (χ4n) is 2.94. The van der Waals surface area contributed by atoms with Crippen molar-refractivity contribution in [2.75, 3.05) is 0 Å². The highest BCUT2D eigenvalue weighted by atomic mass is 16.3. The third kappa shape index (κ3) is 1.77. The molecule has 0 saturated heterocycles. The summed E-state index contributed by atoms with van der Waals surface area (Å²) < 4.78 is 7.29. The van der Waals surface area contributed by atoms with Gasteiger partial charge in [0.15, 0.2) is 0 Å². The van der Waals surface area contributed by atoms with Gasteiger partial charge in [-0.2, -0.15) is 5.10 Å². The third-order valence-corrected chi connectivity index (χ3v) is 3.81. The lowest BCUT2D eigenvalue weighted by molar-refractivity contribution is 0.0151. The van der Waals surface area contributed by atoms with Gasteiger partial charge in [-0.15, -0.1) is 0 Å². The average molecular weight is 246 g/mol. The molecular weight excluding hydrogens is 228 g/mol. The van der Waals surface area contributed by atoms with Gasteiger partial charge in [0.1, 0.15) is 5.76 Å². The first kappa shape index (κ1) is 11.5. The number of furan rings is 1. The molecule has 2 aromatic rings. The largest absolute Gasteiger partial charge is 0.469 e. The normalized spacial score (nSPS) is 23.1. The van der Waals surface area contributed by atoms with E-state index in [1.165, 1.54) is 0 Å². The molecule has 0 amide bonds. The molecule has 0 aliphatic heterocycles. The molecule has 4 nitrogen and oxygen atoms in total. The second-order valence-electron chi connectivity index (χ2n) is 5.22. The van der Waals surface area contributed by atoms with Crippen molar-refractivity contribution in [1.82, 2.24) is 9.78 Å². The molecule has 1 unspecified atom stereocenters. The van der Waals surface area contributed by atoms with E-state index in [0.29, 0.717) is 6.42 Å². The summed E-state index contributed by atoms with van der Waals surface area (Å²) in [6, 6.07) is 3.93. The summed E-state index contributed by atoms with van der Waals surface area (Å²) in [5.41, 5.74) is 2.19. The Bertz CT molecular complexity index is 570. The molecule has 1 atom stereocenters. The van der Waals surface area contributed by atoms with E-state index >= 15 is 0 Å². The van der Waals surface area contributed by atoms with E-state index in [1.54, 1.807) is 6.26 Å². The second-order valence-corrected chi connectivity index (χ2v) is 5.22. The molecule has 1 aliphatic rings. The Balaban J connectivity index is 1.96. The van der Waals surface area contributed by atoms with Crippen molar-refractivity contribution in [3.63, 3.8) is 0 Å². The van der Waals surface area contributed by atoms with Crippen LogP contribution in [0.1, 0.15) is 35.6 Å². The molecule has 0 saturated carbocycles. The Hall–Kier alpha value is -1.55. The molecule has 2 aromatic heterocycles. The Morgan fingerprint density at radius 3 is 3.11 bits per heavy atom. The molecule has 0 spiro atoms. The molecule has 0 fully saturated rings. The molecule has 0 aromatic carbocycles. The first-order valence-corrected chi connectivity index (χ1v) is 6.37. The van der Waals surface area contributed by atoms with E-state index in [0.717, 1.165) is 42.0 Å². The van der Waals surface area contributed by atoms with Gasteiger partial charge in [-0.25, -0.2) is 0 Å². The maximum absolute atomic E-state index is 10.9. The summed E-state index contributed by atoms with van der Waals surface area (Å²) in [6.07, 6.45) is 4.94. The molecular formula is C14H18N2O2. The third-order valence-electron chi connectivity index (χ3n) is 3.81. The molecule has 18 heavy (non-hydrogen) atoms. The van der Waals surface area contributed by atoms with Crippen LogP contribution in [0.15, 0.2) is 22.8 Å². The van der Waals surface area contributed by atoms with E-state index < -0.39 is 5.60 Å². The number of aromatic nitrogens is 2. The smallest absolute Gasteiger partial charge is 0.109 e. The summed E-state index contributed by atoms with van der Waals surface area (Å²) in [6.45, 7) is 1.97. The molecule has 1 N–H and O–H groups in total. The maximum atomic E-state index is 10.9. The zero-order valence-electron chi connectivity index (χ0n) is 10.8. The van der Waals surface area contributed by atoms with Crippen LogP contribution in [0.25, 0.3) is 0 Å². The number of aliphatic hydroxyl groups is 1. The topological polar surface area (TPSA) is 51.2 Å². The number of aryl methyl sites for hydroxylation is 3. The predicted molar refractivity (Wildman–Crippen MR) is 67.2 cm³/mol. The zero-order chi connectivity index (χ0) is 12.8. The van der Waals surface area contributed by atoms with Crippen molar-refractivity contribution < 1.29 is 9.52 Å². The summed E-state index contributed by atoms with van der Waals surface area (Å²) >= 11 is 0. The fourth-order valence-corrected chi connectivity index (χ4v) is 2.94. The summed E-state index contributed by atoms with van der Waals surface area (Å²) in [5, 5.41) is 15.2. The first-order chi connectivity index (χ1) is 8.58. The van der Waals surface area contributed by atoms with Crippen molar-refractivity contribution in [2.45, 2.75) is 38.2 Å². The van der Waals surface area contributed by atoms with E-state index in [1.807, 2.05) is 30.8 Å². The van der Waals surface area contributed by atoms with Crippen LogP contribution in [0.2, 0.25) is 0 Å². The van der Waals surface area contributed by atoms with E-state index in [-0.39, 0.29) is 0 Å². The van der Waals surface area contributed by atoms with Crippen LogP contribution in [0.5, 0.6) is 0 Å². The Morgan fingerprint density at radius 2 is 2.39 bits per heavy atom. The Kier molecular flexibility index (Phi) is 2.55. The first-order valence-electron chi connectivity index (χ1n) is 6.37. The lowest BCUT2D eigenvalue weighted by Gasteiger charge is -2.31. The number of rotatable bonds is 2. The Labute approximate surface area is 106 Å². The standard InChI is InChI=1S/C14H18N2O2/c1-10-8-11(16(2)15-10)9-14(17)6-3-4-13-12(14)5-7-18-13/h5,7-8,17H,3-4,6,9H2,1-2H3. The zero-order valence-corrected chi connectivity index (χ0v) is 10.8. The van der Waals surface area contributed by atoms with E-state index in [4.69, 9.17) is 4.42 Å². The van der Waals surface area contributed by atoms with Crippen molar-refractivity contribution >= 4 is 0 Å². The summed E-state index contributed by atoms with van der Waals surface area (Å²) in [5.74, 6) is 0.933. The minimum Gasteiger partial charge on any atom is -0.469 e. The van der Waals surface area contributed by atoms with Crippen molar-refractivity contribution in [3.05, 3.63) is 41.1 Å². The molecule has 96 valence electrons. The van der Waals surface area contributed by atoms with Gasteiger partial charge < -0.3 is 9.52 Å². The lowest BCUT2D eigenvalue weighted by atomic mass is 9.80. The minimum absolute atomic E-state index is 0.594. The highest BCUT2D eigenvalue weighted by molar-refractivity contribution is 5.29. The highest BCUT2D eigenvalue weighted by Crippen LogP contribution is 2.38. The van der Waals surface area contributed by atoms with Gasteiger partial charge in [0.2, 0.25) is 0 Å². The predicted octanol–water partition coefficient (Wildman–Crippen LogP) is 2.09. The molecule has 1 aliphatic carbocycles. The van der Waals surface area contributed by atoms with Crippen LogP contribution in [-0.2, 0) is 25.5 Å². The minimum atomic E-state index is -0.805. The van der Waals surface area contributed by atoms with Gasteiger partial charge in [-0.1, -0.05) is 0 Å². The molecule has 2 heterocycles. The number of hydrogen-bond acceptors (Lipinski definition) is 3. The number of nitrogens with zero attached hydrogens (tertiary/aromatic N) is 2. The Morgan fingerprint density at radius 1 is 1.56 bits per heavy atom. The van der Waals surface area contributed by atoms with Crippen molar-refractivity contribution in [3.8, 4) is 0 Å². The van der Waals surface area contributed by atoms with Gasteiger partial charge in [-0.3, -0.25) is 4.68 Å². The van der Waals surface area contributed by atoms with Crippen LogP contribution < -0.4 is 0 Å². The molecule has 0 radical (unpaired) electrons. The molecule has 4 heteroatoms. The average Bonchev–Trinajstić information content (AvgIpc) is 2.87. The van der Waals surface area contributed by atoms with Crippen LogP contribution in [0.3, 0.4) is 0 Å². The van der Waals surface area contributed by atoms with Crippen LogP contribution in [0.4, 0.5) is 0 Å². The van der Waals surface area contributed by atoms with Crippen molar-refractivity contribution in [1.29, 1.82) is 0 Å².